The van der Waals surface area contributed by atoms with Gasteiger partial charge >= 0.3 is 0 Å². The zero-order chi connectivity index (χ0) is 18.4. The molecule has 0 aliphatic heterocycles. The van der Waals surface area contributed by atoms with Gasteiger partial charge in [0.25, 0.3) is 5.91 Å². The van der Waals surface area contributed by atoms with Crippen molar-refractivity contribution in [3.63, 3.8) is 0 Å². The third-order valence-electron chi connectivity index (χ3n) is 3.89. The number of hydrogen-bond acceptors (Lipinski definition) is 2. The van der Waals surface area contributed by atoms with Crippen molar-refractivity contribution in [1.29, 1.82) is 0 Å². The van der Waals surface area contributed by atoms with Gasteiger partial charge in [-0.25, -0.2) is 0 Å². The van der Waals surface area contributed by atoms with Crippen molar-refractivity contribution in [3.05, 3.63) is 54.6 Å². The molecule has 0 heterocycles. The smallest absolute Gasteiger partial charge is 0.251 e. The van der Waals surface area contributed by atoms with Crippen molar-refractivity contribution in [1.82, 2.24) is 0 Å². The van der Waals surface area contributed by atoms with E-state index in [0.717, 1.165) is 23.5 Å². The van der Waals surface area contributed by atoms with Crippen LogP contribution in [0.2, 0.25) is 0 Å². The van der Waals surface area contributed by atoms with Crippen molar-refractivity contribution in [2.24, 2.45) is 5.92 Å². The number of amides is 1. The number of rotatable bonds is 7. The maximum absolute atomic E-state index is 12.7. The molecule has 0 aliphatic carbocycles. The van der Waals surface area contributed by atoms with Gasteiger partial charge in [-0.05, 0) is 55.7 Å². The maximum Gasteiger partial charge on any atom is 0.251 e. The van der Waals surface area contributed by atoms with Crippen LogP contribution in [0.3, 0.4) is 0 Å². The summed E-state index contributed by atoms with van der Waals surface area (Å²) in [7, 11) is 0. The van der Waals surface area contributed by atoms with Crippen molar-refractivity contribution in [2.75, 3.05) is 10.2 Å². The molecular weight excluding hydrogens is 444 g/mol. The Labute approximate surface area is 167 Å². The molecule has 1 atom stereocenters. The molecular formula is C20H24Br2N2O. The average Bonchev–Trinajstić information content (AvgIpc) is 2.56. The fourth-order valence-electron chi connectivity index (χ4n) is 2.89. The zero-order valence-corrected chi connectivity index (χ0v) is 17.9. The molecule has 0 fully saturated rings. The van der Waals surface area contributed by atoms with Gasteiger partial charge in [-0.1, -0.05) is 63.9 Å². The van der Waals surface area contributed by atoms with Gasteiger partial charge in [0.2, 0.25) is 0 Å². The first kappa shape index (κ1) is 20.0. The average molecular weight is 468 g/mol. The van der Waals surface area contributed by atoms with Gasteiger partial charge in [0.15, 0.2) is 0 Å². The summed E-state index contributed by atoms with van der Waals surface area (Å²) in [5.74, 6) is 0.533. The van der Waals surface area contributed by atoms with Crippen LogP contribution < -0.4 is 10.2 Å². The van der Waals surface area contributed by atoms with Gasteiger partial charge in [-0.2, -0.15) is 0 Å². The van der Waals surface area contributed by atoms with Gasteiger partial charge < -0.3 is 10.2 Å². The predicted molar refractivity (Wildman–Crippen MR) is 114 cm³/mol. The Morgan fingerprint density at radius 3 is 2.04 bits per heavy atom. The van der Waals surface area contributed by atoms with E-state index in [0.29, 0.717) is 5.92 Å². The summed E-state index contributed by atoms with van der Waals surface area (Å²) in [6, 6.07) is 18.1. The Morgan fingerprint density at radius 2 is 1.52 bits per heavy atom. The number of carbonyl (C=O) groups is 1. The Balaban J connectivity index is 2.21. The molecule has 0 saturated carbocycles. The van der Waals surface area contributed by atoms with Crippen molar-refractivity contribution in [3.8, 4) is 0 Å². The van der Waals surface area contributed by atoms with Crippen LogP contribution in [0.4, 0.5) is 17.1 Å². The summed E-state index contributed by atoms with van der Waals surface area (Å²) in [6.45, 7) is 6.44. The predicted octanol–water partition coefficient (Wildman–Crippen LogP) is 6.31. The molecule has 1 N–H and O–H groups in total. The van der Waals surface area contributed by atoms with E-state index in [1.807, 2.05) is 59.5 Å². The molecule has 5 heteroatoms. The number of nitrogens with one attached hydrogen (secondary N) is 1. The summed E-state index contributed by atoms with van der Waals surface area (Å²) >= 11 is 6.69. The number of carbonyl (C=O) groups excluding carboxylic acids is 1. The largest absolute Gasteiger partial charge is 0.356 e. The molecule has 0 bridgehead atoms. The SMILES string of the molecule is CC(C)CC(C)N(C(=O)C(Br)Br)c1ccc(Nc2ccccc2)cc1. The van der Waals surface area contributed by atoms with Crippen molar-refractivity contribution in [2.45, 2.75) is 37.0 Å². The lowest BCUT2D eigenvalue weighted by Crippen LogP contribution is -2.42. The monoisotopic (exact) mass is 466 g/mol. The van der Waals surface area contributed by atoms with Gasteiger partial charge in [-0.15, -0.1) is 0 Å². The van der Waals surface area contributed by atoms with Crippen LogP contribution in [-0.4, -0.2) is 15.7 Å². The lowest BCUT2D eigenvalue weighted by atomic mass is 10.0. The fraction of sp³-hybridized carbons (Fsp3) is 0.350. The normalized spacial score (nSPS) is 12.3. The Kier molecular flexibility index (Phi) is 7.51. The minimum Gasteiger partial charge on any atom is -0.356 e. The molecule has 134 valence electrons. The highest BCUT2D eigenvalue weighted by molar-refractivity contribution is 9.25. The fourth-order valence-corrected chi connectivity index (χ4v) is 3.33. The summed E-state index contributed by atoms with van der Waals surface area (Å²) in [5.41, 5.74) is 2.94. The van der Waals surface area contributed by atoms with Crippen LogP contribution in [0.1, 0.15) is 27.2 Å². The summed E-state index contributed by atoms with van der Waals surface area (Å²) < 4.78 is -0.392. The third-order valence-corrected chi connectivity index (χ3v) is 4.67. The highest BCUT2D eigenvalue weighted by Crippen LogP contribution is 2.27. The molecule has 2 aromatic rings. The summed E-state index contributed by atoms with van der Waals surface area (Å²) in [5, 5.41) is 3.36. The number of halogens is 2. The van der Waals surface area contributed by atoms with Crippen LogP contribution in [-0.2, 0) is 4.79 Å². The first-order chi connectivity index (χ1) is 11.9. The van der Waals surface area contributed by atoms with E-state index in [1.165, 1.54) is 0 Å². The molecule has 0 aliphatic rings. The second-order valence-electron chi connectivity index (χ2n) is 6.53. The number of alkyl halides is 2. The van der Waals surface area contributed by atoms with E-state index in [-0.39, 0.29) is 11.9 Å². The number of anilines is 3. The Hall–Kier alpha value is -1.33. The van der Waals surface area contributed by atoms with Crippen LogP contribution >= 0.6 is 31.9 Å². The standard InChI is InChI=1S/C20H24Br2N2O/c1-14(2)13-15(3)24(20(25)19(21)22)18-11-9-17(10-12-18)23-16-7-5-4-6-8-16/h4-12,14-15,19,23H,13H2,1-3H3. The maximum atomic E-state index is 12.7. The summed E-state index contributed by atoms with van der Waals surface area (Å²) in [6.07, 6.45) is 0.947. The van der Waals surface area contributed by atoms with Crippen LogP contribution in [0.15, 0.2) is 54.6 Å². The van der Waals surface area contributed by atoms with Crippen molar-refractivity contribution >= 4 is 54.8 Å². The molecule has 3 nitrogen and oxygen atoms in total. The lowest BCUT2D eigenvalue weighted by molar-refractivity contribution is -0.117. The van der Waals surface area contributed by atoms with E-state index in [4.69, 9.17) is 0 Å². The Morgan fingerprint density at radius 1 is 0.960 bits per heavy atom. The molecule has 0 saturated heterocycles. The molecule has 25 heavy (non-hydrogen) atoms. The lowest BCUT2D eigenvalue weighted by Gasteiger charge is -2.31. The molecule has 0 radical (unpaired) electrons. The van der Waals surface area contributed by atoms with Gasteiger partial charge in [0.05, 0.1) is 0 Å². The highest BCUT2D eigenvalue weighted by atomic mass is 79.9. The van der Waals surface area contributed by atoms with E-state index < -0.39 is 3.74 Å². The highest BCUT2D eigenvalue weighted by Gasteiger charge is 2.26. The van der Waals surface area contributed by atoms with E-state index in [2.05, 4.69) is 57.9 Å². The summed E-state index contributed by atoms with van der Waals surface area (Å²) in [4.78, 5) is 14.5. The minimum absolute atomic E-state index is 0.0110. The molecule has 0 spiro atoms. The quantitative estimate of drug-likeness (QED) is 0.483. The molecule has 1 amide bonds. The van der Waals surface area contributed by atoms with Crippen LogP contribution in [0, 0.1) is 5.92 Å². The van der Waals surface area contributed by atoms with Crippen molar-refractivity contribution < 1.29 is 4.79 Å². The van der Waals surface area contributed by atoms with Gasteiger partial charge in [0.1, 0.15) is 3.74 Å². The second-order valence-corrected chi connectivity index (χ2v) is 9.59. The first-order valence-electron chi connectivity index (χ1n) is 8.42. The third kappa shape index (κ3) is 5.86. The topological polar surface area (TPSA) is 32.3 Å². The molecule has 2 rings (SSSR count). The van der Waals surface area contributed by atoms with Gasteiger partial charge in [-0.3, -0.25) is 4.79 Å². The van der Waals surface area contributed by atoms with E-state index in [9.17, 15) is 4.79 Å². The van der Waals surface area contributed by atoms with Crippen LogP contribution in [0.5, 0.6) is 0 Å². The van der Waals surface area contributed by atoms with Gasteiger partial charge in [0, 0.05) is 23.1 Å². The molecule has 0 aromatic heterocycles. The van der Waals surface area contributed by atoms with E-state index >= 15 is 0 Å². The van der Waals surface area contributed by atoms with Crippen LogP contribution in [0.25, 0.3) is 0 Å². The number of nitrogens with zero attached hydrogens (tertiary/aromatic N) is 1. The van der Waals surface area contributed by atoms with E-state index in [1.54, 1.807) is 0 Å². The number of hydrogen-bond donors (Lipinski definition) is 1. The molecule has 2 aromatic carbocycles. The minimum atomic E-state index is -0.392. The number of para-hydroxylation sites is 1. The zero-order valence-electron chi connectivity index (χ0n) is 14.7. The first-order valence-corrected chi connectivity index (χ1v) is 10.2. The number of benzene rings is 2. The Bertz CT molecular complexity index is 672. The second kappa shape index (κ2) is 9.39. The molecule has 1 unspecified atom stereocenters.